The molecule has 3 heteroatoms. The highest BCUT2D eigenvalue weighted by Gasteiger charge is 2.12. The molecule has 19 heavy (non-hydrogen) atoms. The molecule has 0 aliphatic heterocycles. The van der Waals surface area contributed by atoms with Gasteiger partial charge in [0.2, 0.25) is 5.91 Å². The molecule has 0 fully saturated rings. The lowest BCUT2D eigenvalue weighted by molar-refractivity contribution is -0.131. The van der Waals surface area contributed by atoms with Crippen molar-refractivity contribution in [3.8, 4) is 5.75 Å². The van der Waals surface area contributed by atoms with Crippen LogP contribution in [0.1, 0.15) is 45.1 Å². The van der Waals surface area contributed by atoms with Crippen LogP contribution in [-0.2, 0) is 11.3 Å². The molecule has 1 aromatic carbocycles. The first-order valence-electron chi connectivity index (χ1n) is 7.12. The van der Waals surface area contributed by atoms with Crippen LogP contribution in [0.15, 0.2) is 24.3 Å². The first-order valence-corrected chi connectivity index (χ1v) is 7.12. The van der Waals surface area contributed by atoms with Gasteiger partial charge in [0.25, 0.3) is 0 Å². The number of carbonyl (C=O) groups excluding carboxylic acids is 1. The van der Waals surface area contributed by atoms with Gasteiger partial charge >= 0.3 is 0 Å². The average molecular weight is 263 g/mol. The summed E-state index contributed by atoms with van der Waals surface area (Å²) in [6.07, 6.45) is 3.70. The summed E-state index contributed by atoms with van der Waals surface area (Å²) >= 11 is 0. The van der Waals surface area contributed by atoms with Crippen LogP contribution in [0.2, 0.25) is 0 Å². The second-order valence-electron chi connectivity index (χ2n) is 4.77. The Balaban J connectivity index is 2.71. The molecule has 1 aromatic rings. The van der Waals surface area contributed by atoms with Gasteiger partial charge in [-0.15, -0.1) is 0 Å². The lowest BCUT2D eigenvalue weighted by Gasteiger charge is -2.22. The van der Waals surface area contributed by atoms with Crippen molar-refractivity contribution in [1.82, 2.24) is 4.90 Å². The largest absolute Gasteiger partial charge is 0.497 e. The minimum atomic E-state index is 0.249. The van der Waals surface area contributed by atoms with Crippen LogP contribution in [0, 0.1) is 0 Å². The van der Waals surface area contributed by atoms with E-state index in [1.54, 1.807) is 7.11 Å². The van der Waals surface area contributed by atoms with E-state index < -0.39 is 0 Å². The zero-order valence-corrected chi connectivity index (χ0v) is 12.3. The Morgan fingerprint density at radius 1 is 1.26 bits per heavy atom. The van der Waals surface area contributed by atoms with Crippen LogP contribution in [0.5, 0.6) is 5.75 Å². The fourth-order valence-electron chi connectivity index (χ4n) is 2.00. The van der Waals surface area contributed by atoms with E-state index in [4.69, 9.17) is 4.74 Å². The number of amides is 1. The topological polar surface area (TPSA) is 29.5 Å². The third kappa shape index (κ3) is 5.33. The van der Waals surface area contributed by atoms with Gasteiger partial charge in [-0.1, -0.05) is 32.4 Å². The molecule has 0 aliphatic rings. The highest BCUT2D eigenvalue weighted by Crippen LogP contribution is 2.15. The first-order chi connectivity index (χ1) is 9.21. The van der Waals surface area contributed by atoms with Gasteiger partial charge in [0.1, 0.15) is 5.75 Å². The molecular formula is C16H25NO2. The Labute approximate surface area is 116 Å². The van der Waals surface area contributed by atoms with E-state index in [9.17, 15) is 4.79 Å². The summed E-state index contributed by atoms with van der Waals surface area (Å²) in [6.45, 7) is 5.71. The van der Waals surface area contributed by atoms with Gasteiger partial charge in [0, 0.05) is 19.5 Å². The second kappa shape index (κ2) is 8.57. The number of hydrogen-bond acceptors (Lipinski definition) is 2. The van der Waals surface area contributed by atoms with Crippen molar-refractivity contribution in [3.05, 3.63) is 29.8 Å². The Hall–Kier alpha value is -1.51. The number of rotatable bonds is 8. The maximum Gasteiger partial charge on any atom is 0.222 e. The lowest BCUT2D eigenvalue weighted by atomic mass is 10.1. The highest BCUT2D eigenvalue weighted by atomic mass is 16.5. The summed E-state index contributed by atoms with van der Waals surface area (Å²) in [6, 6.07) is 7.93. The van der Waals surface area contributed by atoms with Crippen molar-refractivity contribution in [2.75, 3.05) is 13.7 Å². The highest BCUT2D eigenvalue weighted by molar-refractivity contribution is 5.76. The third-order valence-electron chi connectivity index (χ3n) is 3.11. The Morgan fingerprint density at radius 2 is 2.05 bits per heavy atom. The van der Waals surface area contributed by atoms with E-state index in [-0.39, 0.29) is 5.91 Å². The molecular weight excluding hydrogens is 238 g/mol. The first kappa shape index (κ1) is 15.5. The minimum absolute atomic E-state index is 0.249. The van der Waals surface area contributed by atoms with Gasteiger partial charge in [-0.25, -0.2) is 0 Å². The molecule has 0 saturated carbocycles. The van der Waals surface area contributed by atoms with Gasteiger partial charge in [-0.2, -0.15) is 0 Å². The summed E-state index contributed by atoms with van der Waals surface area (Å²) < 4.78 is 5.22. The molecule has 0 heterocycles. The van der Waals surface area contributed by atoms with Crippen molar-refractivity contribution in [2.24, 2.45) is 0 Å². The molecule has 3 nitrogen and oxygen atoms in total. The van der Waals surface area contributed by atoms with E-state index >= 15 is 0 Å². The molecule has 0 aliphatic carbocycles. The van der Waals surface area contributed by atoms with Gasteiger partial charge in [-0.3, -0.25) is 4.79 Å². The summed E-state index contributed by atoms with van der Waals surface area (Å²) in [5, 5.41) is 0. The number of hydrogen-bond donors (Lipinski definition) is 0. The van der Waals surface area contributed by atoms with Gasteiger partial charge in [-0.05, 0) is 30.5 Å². The molecule has 1 amide bonds. The third-order valence-corrected chi connectivity index (χ3v) is 3.11. The summed E-state index contributed by atoms with van der Waals surface area (Å²) in [5.41, 5.74) is 1.12. The van der Waals surface area contributed by atoms with Crippen molar-refractivity contribution >= 4 is 5.91 Å². The van der Waals surface area contributed by atoms with Crippen LogP contribution in [0.25, 0.3) is 0 Å². The van der Waals surface area contributed by atoms with Crippen LogP contribution in [0.3, 0.4) is 0 Å². The number of carbonyl (C=O) groups is 1. The summed E-state index contributed by atoms with van der Waals surface area (Å²) in [7, 11) is 1.66. The van der Waals surface area contributed by atoms with Crippen LogP contribution >= 0.6 is 0 Å². The predicted molar refractivity (Wildman–Crippen MR) is 78.2 cm³/mol. The Kier molecular flexibility index (Phi) is 7.01. The zero-order valence-electron chi connectivity index (χ0n) is 12.3. The second-order valence-corrected chi connectivity index (χ2v) is 4.77. The molecule has 0 aromatic heterocycles. The quantitative estimate of drug-likeness (QED) is 0.717. The van der Waals surface area contributed by atoms with Gasteiger partial charge in [0.05, 0.1) is 7.11 Å². The zero-order chi connectivity index (χ0) is 14.1. The Morgan fingerprint density at radius 3 is 2.68 bits per heavy atom. The van der Waals surface area contributed by atoms with Crippen LogP contribution < -0.4 is 4.74 Å². The van der Waals surface area contributed by atoms with E-state index in [0.717, 1.165) is 37.1 Å². The van der Waals surface area contributed by atoms with Crippen molar-refractivity contribution < 1.29 is 9.53 Å². The molecule has 0 unspecified atom stereocenters. The molecule has 1 rings (SSSR count). The van der Waals surface area contributed by atoms with E-state index in [1.807, 2.05) is 36.1 Å². The van der Waals surface area contributed by atoms with Crippen molar-refractivity contribution in [1.29, 1.82) is 0 Å². The number of methoxy groups -OCH3 is 1. The van der Waals surface area contributed by atoms with Gasteiger partial charge < -0.3 is 9.64 Å². The number of unbranched alkanes of at least 4 members (excludes halogenated alkanes) is 1. The van der Waals surface area contributed by atoms with Gasteiger partial charge in [0.15, 0.2) is 0 Å². The number of benzene rings is 1. The minimum Gasteiger partial charge on any atom is -0.497 e. The normalized spacial score (nSPS) is 10.3. The van der Waals surface area contributed by atoms with E-state index in [2.05, 4.69) is 6.92 Å². The van der Waals surface area contributed by atoms with Crippen molar-refractivity contribution in [3.63, 3.8) is 0 Å². The molecule has 0 N–H and O–H groups in total. The van der Waals surface area contributed by atoms with E-state index in [0.29, 0.717) is 13.0 Å². The fraction of sp³-hybridized carbons (Fsp3) is 0.562. The average Bonchev–Trinajstić information content (AvgIpc) is 2.43. The molecule has 106 valence electrons. The molecule has 0 saturated heterocycles. The fourth-order valence-corrected chi connectivity index (χ4v) is 2.00. The molecule has 0 atom stereocenters. The maximum atomic E-state index is 12.1. The predicted octanol–water partition coefficient (Wildman–Crippen LogP) is 3.62. The maximum absolute atomic E-state index is 12.1. The number of nitrogens with zero attached hydrogens (tertiary/aromatic N) is 1. The van der Waals surface area contributed by atoms with Crippen molar-refractivity contribution in [2.45, 2.75) is 46.1 Å². The molecule has 0 bridgehead atoms. The molecule has 0 radical (unpaired) electrons. The van der Waals surface area contributed by atoms with Crippen LogP contribution in [0.4, 0.5) is 0 Å². The summed E-state index contributed by atoms with van der Waals surface area (Å²) in [4.78, 5) is 14.1. The van der Waals surface area contributed by atoms with Crippen LogP contribution in [-0.4, -0.2) is 24.5 Å². The standard InChI is InChI=1S/C16H25NO2/c1-4-6-11-17(16(18)8-5-2)13-14-9-7-10-15(12-14)19-3/h7,9-10,12H,4-6,8,11,13H2,1-3H3. The number of ether oxygens (including phenoxy) is 1. The lowest BCUT2D eigenvalue weighted by Crippen LogP contribution is -2.31. The van der Waals surface area contributed by atoms with E-state index in [1.165, 1.54) is 0 Å². The molecule has 0 spiro atoms. The summed E-state index contributed by atoms with van der Waals surface area (Å²) in [5.74, 6) is 1.09. The smallest absolute Gasteiger partial charge is 0.222 e. The monoisotopic (exact) mass is 263 g/mol. The SMILES string of the molecule is CCCCN(Cc1cccc(OC)c1)C(=O)CCC. The Bertz CT molecular complexity index is 390.